The lowest BCUT2D eigenvalue weighted by atomic mass is 9.88. The van der Waals surface area contributed by atoms with Gasteiger partial charge in [0.1, 0.15) is 0 Å². The van der Waals surface area contributed by atoms with Crippen LogP contribution in [0.2, 0.25) is 0 Å². The summed E-state index contributed by atoms with van der Waals surface area (Å²) in [6.07, 6.45) is 1.49. The number of likely N-dealkylation sites (tertiary alicyclic amines) is 1. The van der Waals surface area contributed by atoms with E-state index in [4.69, 9.17) is 0 Å². The lowest BCUT2D eigenvalue weighted by Crippen LogP contribution is -2.50. The molecule has 1 aliphatic heterocycles. The van der Waals surface area contributed by atoms with Crippen LogP contribution < -0.4 is 10.6 Å². The number of amides is 3. The summed E-state index contributed by atoms with van der Waals surface area (Å²) in [5.41, 5.74) is 4.40. The minimum absolute atomic E-state index is 0.0000883. The van der Waals surface area contributed by atoms with Crippen LogP contribution in [0.4, 0.5) is 4.79 Å². The number of urea groups is 1. The molecule has 0 saturated carbocycles. The molecule has 3 aromatic carbocycles. The molecule has 2 N–H and O–H groups in total. The van der Waals surface area contributed by atoms with E-state index in [0.29, 0.717) is 13.1 Å². The summed E-state index contributed by atoms with van der Waals surface area (Å²) in [6, 6.07) is 27.9. The standard InChI is InChI=1S/C29H33N3O2/c1-21-10-9-15-25(18-21)27-17-16-26(28(33)31-22(2)24-13-7-4-8-14-24)20-32(27)29(34)30-19-23-11-5-3-6-12-23/h3-15,18,22,26-27H,16-17,19-20H2,1-2H3,(H,30,34)(H,31,33). The van der Waals surface area contributed by atoms with Crippen molar-refractivity contribution < 1.29 is 9.59 Å². The highest BCUT2D eigenvalue weighted by Crippen LogP contribution is 2.34. The molecule has 3 aromatic rings. The molecule has 1 fully saturated rings. The van der Waals surface area contributed by atoms with Gasteiger partial charge < -0.3 is 15.5 Å². The van der Waals surface area contributed by atoms with Crippen molar-refractivity contribution in [2.75, 3.05) is 6.54 Å². The van der Waals surface area contributed by atoms with Crippen LogP contribution in [0, 0.1) is 12.8 Å². The fourth-order valence-corrected chi connectivity index (χ4v) is 4.66. The molecule has 0 spiro atoms. The summed E-state index contributed by atoms with van der Waals surface area (Å²) < 4.78 is 0. The van der Waals surface area contributed by atoms with Crippen molar-refractivity contribution >= 4 is 11.9 Å². The zero-order chi connectivity index (χ0) is 23.9. The highest BCUT2D eigenvalue weighted by molar-refractivity contribution is 5.81. The van der Waals surface area contributed by atoms with Crippen molar-refractivity contribution in [1.82, 2.24) is 15.5 Å². The molecule has 3 amide bonds. The summed E-state index contributed by atoms with van der Waals surface area (Å²) in [5.74, 6) is -0.241. The van der Waals surface area contributed by atoms with E-state index in [9.17, 15) is 9.59 Å². The summed E-state index contributed by atoms with van der Waals surface area (Å²) in [7, 11) is 0. The van der Waals surface area contributed by atoms with Gasteiger partial charge in [-0.25, -0.2) is 4.79 Å². The van der Waals surface area contributed by atoms with E-state index < -0.39 is 0 Å². The molecule has 1 saturated heterocycles. The molecular weight excluding hydrogens is 422 g/mol. The van der Waals surface area contributed by atoms with Gasteiger partial charge in [0.2, 0.25) is 5.91 Å². The number of nitrogens with one attached hydrogen (secondary N) is 2. The smallest absolute Gasteiger partial charge is 0.318 e. The maximum Gasteiger partial charge on any atom is 0.318 e. The van der Waals surface area contributed by atoms with Crippen LogP contribution in [-0.2, 0) is 11.3 Å². The predicted molar refractivity (Wildman–Crippen MR) is 135 cm³/mol. The second-order valence-corrected chi connectivity index (χ2v) is 9.14. The molecule has 0 radical (unpaired) electrons. The average molecular weight is 456 g/mol. The molecule has 5 heteroatoms. The molecule has 1 heterocycles. The summed E-state index contributed by atoms with van der Waals surface area (Å²) >= 11 is 0. The van der Waals surface area contributed by atoms with Gasteiger partial charge in [-0.1, -0.05) is 90.5 Å². The Morgan fingerprint density at radius 3 is 2.35 bits per heavy atom. The molecule has 0 aliphatic carbocycles. The Balaban J connectivity index is 1.48. The van der Waals surface area contributed by atoms with E-state index in [1.807, 2.05) is 78.6 Å². The third-order valence-electron chi connectivity index (χ3n) is 6.59. The monoisotopic (exact) mass is 455 g/mol. The largest absolute Gasteiger partial charge is 0.349 e. The van der Waals surface area contributed by atoms with Crippen LogP contribution in [0.3, 0.4) is 0 Å². The Kier molecular flexibility index (Phi) is 7.63. The van der Waals surface area contributed by atoms with Gasteiger partial charge in [0.15, 0.2) is 0 Å². The lowest BCUT2D eigenvalue weighted by Gasteiger charge is -2.39. The van der Waals surface area contributed by atoms with E-state index in [1.165, 1.54) is 5.56 Å². The number of piperidine rings is 1. The fraction of sp³-hybridized carbons (Fsp3) is 0.310. The van der Waals surface area contributed by atoms with Crippen molar-refractivity contribution in [1.29, 1.82) is 0 Å². The summed E-state index contributed by atoms with van der Waals surface area (Å²) in [6.45, 7) is 4.91. The number of hydrogen-bond donors (Lipinski definition) is 2. The van der Waals surface area contributed by atoms with Crippen LogP contribution >= 0.6 is 0 Å². The van der Waals surface area contributed by atoms with Gasteiger partial charge in [-0.05, 0) is 43.4 Å². The maximum atomic E-state index is 13.3. The molecule has 3 atom stereocenters. The Hall–Kier alpha value is -3.60. The van der Waals surface area contributed by atoms with E-state index >= 15 is 0 Å². The third kappa shape index (κ3) is 5.84. The second-order valence-electron chi connectivity index (χ2n) is 9.14. The number of nitrogens with zero attached hydrogens (tertiary/aromatic N) is 1. The number of aryl methyl sites for hydroxylation is 1. The van der Waals surface area contributed by atoms with E-state index in [2.05, 4.69) is 35.8 Å². The Morgan fingerprint density at radius 1 is 0.941 bits per heavy atom. The molecule has 34 heavy (non-hydrogen) atoms. The first-order valence-electron chi connectivity index (χ1n) is 12.0. The summed E-state index contributed by atoms with van der Waals surface area (Å²) in [4.78, 5) is 28.3. The third-order valence-corrected chi connectivity index (χ3v) is 6.59. The number of carbonyl (C=O) groups excluding carboxylic acids is 2. The quantitative estimate of drug-likeness (QED) is 0.513. The minimum atomic E-state index is -0.241. The van der Waals surface area contributed by atoms with Crippen LogP contribution in [0.5, 0.6) is 0 Å². The molecule has 176 valence electrons. The maximum absolute atomic E-state index is 13.3. The van der Waals surface area contributed by atoms with Gasteiger partial charge in [0.05, 0.1) is 18.0 Å². The topological polar surface area (TPSA) is 61.4 Å². The zero-order valence-electron chi connectivity index (χ0n) is 19.9. The number of benzene rings is 3. The Labute approximate surface area is 202 Å². The van der Waals surface area contributed by atoms with E-state index in [-0.39, 0.29) is 29.9 Å². The van der Waals surface area contributed by atoms with Gasteiger partial charge >= 0.3 is 6.03 Å². The van der Waals surface area contributed by atoms with Crippen molar-refractivity contribution in [2.45, 2.75) is 45.3 Å². The van der Waals surface area contributed by atoms with Crippen LogP contribution in [0.1, 0.15) is 54.1 Å². The molecular formula is C29H33N3O2. The summed E-state index contributed by atoms with van der Waals surface area (Å²) in [5, 5.41) is 6.21. The minimum Gasteiger partial charge on any atom is -0.349 e. The molecule has 3 unspecified atom stereocenters. The molecule has 1 aliphatic rings. The number of hydrogen-bond acceptors (Lipinski definition) is 2. The highest BCUT2D eigenvalue weighted by Gasteiger charge is 2.36. The van der Waals surface area contributed by atoms with Crippen molar-refractivity contribution in [3.05, 3.63) is 107 Å². The van der Waals surface area contributed by atoms with Crippen molar-refractivity contribution in [3.8, 4) is 0 Å². The van der Waals surface area contributed by atoms with Gasteiger partial charge in [-0.2, -0.15) is 0 Å². The average Bonchev–Trinajstić information content (AvgIpc) is 2.88. The Bertz CT molecular complexity index is 1100. The van der Waals surface area contributed by atoms with Crippen LogP contribution in [0.25, 0.3) is 0 Å². The number of carbonyl (C=O) groups is 2. The molecule has 4 rings (SSSR count). The van der Waals surface area contributed by atoms with Gasteiger partial charge in [-0.15, -0.1) is 0 Å². The first-order chi connectivity index (χ1) is 16.5. The van der Waals surface area contributed by atoms with Crippen molar-refractivity contribution in [3.63, 3.8) is 0 Å². The molecule has 0 aromatic heterocycles. The predicted octanol–water partition coefficient (Wildman–Crippen LogP) is 5.54. The van der Waals surface area contributed by atoms with Crippen molar-refractivity contribution in [2.24, 2.45) is 5.92 Å². The first-order valence-corrected chi connectivity index (χ1v) is 12.0. The molecule has 5 nitrogen and oxygen atoms in total. The van der Waals surface area contributed by atoms with Gasteiger partial charge in [0, 0.05) is 13.1 Å². The normalized spacial score (nSPS) is 18.7. The molecule has 0 bridgehead atoms. The van der Waals surface area contributed by atoms with Gasteiger partial charge in [0.25, 0.3) is 0 Å². The lowest BCUT2D eigenvalue weighted by molar-refractivity contribution is -0.127. The van der Waals surface area contributed by atoms with E-state index in [0.717, 1.165) is 29.5 Å². The Morgan fingerprint density at radius 2 is 1.65 bits per heavy atom. The SMILES string of the molecule is Cc1cccc(C2CCC(C(=O)NC(C)c3ccccc3)CN2C(=O)NCc2ccccc2)c1. The zero-order valence-corrected chi connectivity index (χ0v) is 19.9. The fourth-order valence-electron chi connectivity index (χ4n) is 4.66. The van der Waals surface area contributed by atoms with Gasteiger partial charge in [-0.3, -0.25) is 4.79 Å². The second kappa shape index (κ2) is 11.0. The van der Waals surface area contributed by atoms with Crippen LogP contribution in [-0.4, -0.2) is 23.4 Å². The number of rotatable bonds is 6. The van der Waals surface area contributed by atoms with Crippen LogP contribution in [0.15, 0.2) is 84.9 Å². The highest BCUT2D eigenvalue weighted by atomic mass is 16.2. The van der Waals surface area contributed by atoms with E-state index in [1.54, 1.807) is 0 Å². The first kappa shape index (κ1) is 23.6.